The van der Waals surface area contributed by atoms with E-state index in [1.165, 1.54) is 18.6 Å². The summed E-state index contributed by atoms with van der Waals surface area (Å²) >= 11 is 0. The molecule has 1 amide bonds. The molecule has 1 aromatic carbocycles. The van der Waals surface area contributed by atoms with Crippen LogP contribution in [-0.2, 0) is 19.5 Å². The molecular weight excluding hydrogens is 310 g/mol. The fourth-order valence-corrected chi connectivity index (χ4v) is 2.90. The van der Waals surface area contributed by atoms with E-state index in [0.717, 1.165) is 37.5 Å². The number of nitrogens with zero attached hydrogens (tertiary/aromatic N) is 4. The maximum Gasteiger partial charge on any atom is 0.270 e. The second-order valence-corrected chi connectivity index (χ2v) is 5.93. The smallest absolute Gasteiger partial charge is 0.270 e. The molecule has 126 valence electrons. The molecule has 8 nitrogen and oxygen atoms in total. The molecule has 0 atom stereocenters. The third kappa shape index (κ3) is 3.27. The standard InChI is InChI=1S/C16H19N5O3/c1-11-6-7-12(21(23)24)9-13(11)16(22)17-10-15-19-18-14-5-3-2-4-8-20(14)15/h6-7,9H,2-5,8,10H2,1H3,(H,17,22). The van der Waals surface area contributed by atoms with Gasteiger partial charge in [0.1, 0.15) is 5.82 Å². The second-order valence-electron chi connectivity index (χ2n) is 5.93. The molecule has 2 aromatic rings. The molecule has 0 radical (unpaired) electrons. The van der Waals surface area contributed by atoms with Gasteiger partial charge in [0.2, 0.25) is 0 Å². The molecule has 0 aliphatic carbocycles. The van der Waals surface area contributed by atoms with Crippen LogP contribution in [0.25, 0.3) is 0 Å². The first-order valence-corrected chi connectivity index (χ1v) is 8.00. The van der Waals surface area contributed by atoms with E-state index < -0.39 is 4.92 Å². The normalized spacial score (nSPS) is 13.9. The number of carbonyl (C=O) groups excluding carboxylic acids is 1. The number of hydrogen-bond donors (Lipinski definition) is 1. The molecule has 0 spiro atoms. The van der Waals surface area contributed by atoms with E-state index in [1.54, 1.807) is 13.0 Å². The number of benzene rings is 1. The Morgan fingerprint density at radius 1 is 1.33 bits per heavy atom. The van der Waals surface area contributed by atoms with Crippen LogP contribution in [0.3, 0.4) is 0 Å². The summed E-state index contributed by atoms with van der Waals surface area (Å²) in [6.45, 7) is 2.87. The fourth-order valence-electron chi connectivity index (χ4n) is 2.90. The number of amides is 1. The zero-order valence-electron chi connectivity index (χ0n) is 13.5. The summed E-state index contributed by atoms with van der Waals surface area (Å²) in [5, 5.41) is 22.0. The van der Waals surface area contributed by atoms with Gasteiger partial charge in [-0.05, 0) is 25.3 Å². The summed E-state index contributed by atoms with van der Waals surface area (Å²) in [6.07, 6.45) is 4.26. The number of nitrogens with one attached hydrogen (secondary N) is 1. The summed E-state index contributed by atoms with van der Waals surface area (Å²) in [5.41, 5.74) is 0.903. The number of aryl methyl sites for hydroxylation is 2. The predicted molar refractivity (Wildman–Crippen MR) is 86.6 cm³/mol. The van der Waals surface area contributed by atoms with Crippen molar-refractivity contribution in [1.82, 2.24) is 20.1 Å². The highest BCUT2D eigenvalue weighted by Crippen LogP contribution is 2.18. The highest BCUT2D eigenvalue weighted by atomic mass is 16.6. The molecule has 0 saturated heterocycles. The topological polar surface area (TPSA) is 103 Å². The summed E-state index contributed by atoms with van der Waals surface area (Å²) in [7, 11) is 0. The third-order valence-corrected chi connectivity index (χ3v) is 4.27. The lowest BCUT2D eigenvalue weighted by atomic mass is 10.1. The Kier molecular flexibility index (Phi) is 4.54. The van der Waals surface area contributed by atoms with E-state index in [4.69, 9.17) is 0 Å². The average Bonchev–Trinajstić information content (AvgIpc) is 2.79. The van der Waals surface area contributed by atoms with Crippen molar-refractivity contribution < 1.29 is 9.72 Å². The van der Waals surface area contributed by atoms with Gasteiger partial charge in [-0.2, -0.15) is 0 Å². The Morgan fingerprint density at radius 3 is 2.96 bits per heavy atom. The van der Waals surface area contributed by atoms with Crippen molar-refractivity contribution in [3.05, 3.63) is 51.1 Å². The van der Waals surface area contributed by atoms with Gasteiger partial charge in [0.25, 0.3) is 11.6 Å². The molecule has 8 heteroatoms. The monoisotopic (exact) mass is 329 g/mol. The van der Waals surface area contributed by atoms with Gasteiger partial charge in [-0.25, -0.2) is 0 Å². The molecular formula is C16H19N5O3. The third-order valence-electron chi connectivity index (χ3n) is 4.27. The van der Waals surface area contributed by atoms with E-state index >= 15 is 0 Å². The SMILES string of the molecule is Cc1ccc([N+](=O)[O-])cc1C(=O)NCc1nnc2n1CCCCC2. The lowest BCUT2D eigenvalue weighted by Gasteiger charge is -2.09. The number of carbonyl (C=O) groups is 1. The lowest BCUT2D eigenvalue weighted by molar-refractivity contribution is -0.384. The van der Waals surface area contributed by atoms with E-state index in [9.17, 15) is 14.9 Å². The molecule has 1 aliphatic rings. The van der Waals surface area contributed by atoms with Crippen molar-refractivity contribution in [2.45, 2.75) is 45.7 Å². The number of aromatic nitrogens is 3. The quantitative estimate of drug-likeness (QED) is 0.684. The van der Waals surface area contributed by atoms with Crippen LogP contribution in [0.5, 0.6) is 0 Å². The average molecular weight is 329 g/mol. The van der Waals surface area contributed by atoms with Crippen LogP contribution in [0.4, 0.5) is 5.69 Å². The maximum absolute atomic E-state index is 12.4. The van der Waals surface area contributed by atoms with Gasteiger partial charge in [0.05, 0.1) is 11.5 Å². The number of rotatable bonds is 4. The van der Waals surface area contributed by atoms with E-state index in [2.05, 4.69) is 20.1 Å². The number of nitro groups is 1. The molecule has 0 unspecified atom stereocenters. The van der Waals surface area contributed by atoms with Gasteiger partial charge in [-0.1, -0.05) is 12.5 Å². The molecule has 2 heterocycles. The van der Waals surface area contributed by atoms with Gasteiger partial charge < -0.3 is 9.88 Å². The first-order valence-electron chi connectivity index (χ1n) is 8.00. The summed E-state index contributed by atoms with van der Waals surface area (Å²) < 4.78 is 2.06. The van der Waals surface area contributed by atoms with Gasteiger partial charge >= 0.3 is 0 Å². The van der Waals surface area contributed by atoms with Crippen LogP contribution >= 0.6 is 0 Å². The maximum atomic E-state index is 12.4. The predicted octanol–water partition coefficient (Wildman–Crippen LogP) is 2.15. The van der Waals surface area contributed by atoms with Crippen LogP contribution in [0.15, 0.2) is 18.2 Å². The molecule has 1 N–H and O–H groups in total. The molecule has 1 aliphatic heterocycles. The Hall–Kier alpha value is -2.77. The Labute approximate surface area is 139 Å². The molecule has 3 rings (SSSR count). The van der Waals surface area contributed by atoms with Crippen molar-refractivity contribution >= 4 is 11.6 Å². The van der Waals surface area contributed by atoms with E-state index in [-0.39, 0.29) is 18.1 Å². The number of non-ortho nitro benzene ring substituents is 1. The van der Waals surface area contributed by atoms with Crippen molar-refractivity contribution in [2.75, 3.05) is 0 Å². The highest BCUT2D eigenvalue weighted by molar-refractivity contribution is 5.96. The van der Waals surface area contributed by atoms with Gasteiger partial charge in [-0.15, -0.1) is 10.2 Å². The number of hydrogen-bond acceptors (Lipinski definition) is 5. The Morgan fingerprint density at radius 2 is 2.17 bits per heavy atom. The first kappa shape index (κ1) is 16.1. The van der Waals surface area contributed by atoms with Crippen molar-refractivity contribution in [2.24, 2.45) is 0 Å². The molecule has 0 saturated carbocycles. The Bertz CT molecular complexity index is 784. The van der Waals surface area contributed by atoms with Crippen LogP contribution in [0, 0.1) is 17.0 Å². The zero-order valence-corrected chi connectivity index (χ0v) is 13.5. The zero-order chi connectivity index (χ0) is 17.1. The Balaban J connectivity index is 1.73. The van der Waals surface area contributed by atoms with Gasteiger partial charge in [0, 0.05) is 30.7 Å². The van der Waals surface area contributed by atoms with Crippen molar-refractivity contribution in [3.8, 4) is 0 Å². The van der Waals surface area contributed by atoms with Gasteiger partial charge in [0.15, 0.2) is 5.82 Å². The first-order chi connectivity index (χ1) is 11.6. The number of fused-ring (bicyclic) bond motifs is 1. The molecule has 0 bridgehead atoms. The molecule has 24 heavy (non-hydrogen) atoms. The molecule has 1 aromatic heterocycles. The minimum Gasteiger partial charge on any atom is -0.345 e. The van der Waals surface area contributed by atoms with Crippen molar-refractivity contribution in [3.63, 3.8) is 0 Å². The van der Waals surface area contributed by atoms with Crippen LogP contribution in [0.1, 0.15) is 46.8 Å². The minimum absolute atomic E-state index is 0.0953. The molecule has 0 fully saturated rings. The summed E-state index contributed by atoms with van der Waals surface area (Å²) in [6, 6.07) is 4.27. The van der Waals surface area contributed by atoms with Crippen LogP contribution < -0.4 is 5.32 Å². The van der Waals surface area contributed by atoms with Crippen LogP contribution in [-0.4, -0.2) is 25.6 Å². The summed E-state index contributed by atoms with van der Waals surface area (Å²) in [4.78, 5) is 22.8. The van der Waals surface area contributed by atoms with Crippen LogP contribution in [0.2, 0.25) is 0 Å². The highest BCUT2D eigenvalue weighted by Gasteiger charge is 2.17. The largest absolute Gasteiger partial charge is 0.345 e. The summed E-state index contributed by atoms with van der Waals surface area (Å²) in [5.74, 6) is 1.34. The van der Waals surface area contributed by atoms with Gasteiger partial charge in [-0.3, -0.25) is 14.9 Å². The van der Waals surface area contributed by atoms with E-state index in [0.29, 0.717) is 11.1 Å². The second kappa shape index (κ2) is 6.77. The fraction of sp³-hybridized carbons (Fsp3) is 0.438. The minimum atomic E-state index is -0.505. The van der Waals surface area contributed by atoms with E-state index in [1.807, 2.05) is 0 Å². The lowest BCUT2D eigenvalue weighted by Crippen LogP contribution is -2.25. The number of nitro benzene ring substituents is 1. The van der Waals surface area contributed by atoms with Crippen molar-refractivity contribution in [1.29, 1.82) is 0 Å².